The van der Waals surface area contributed by atoms with Gasteiger partial charge in [-0.25, -0.2) is 0 Å². The Balaban J connectivity index is 2.23. The lowest BCUT2D eigenvalue weighted by Gasteiger charge is -2.18. The maximum atomic E-state index is 5.17. The Morgan fingerprint density at radius 3 is 2.67 bits per heavy atom. The minimum absolute atomic E-state index is 0.0765. The minimum atomic E-state index is 0.0765. The van der Waals surface area contributed by atoms with Crippen LogP contribution in [-0.2, 0) is 10.3 Å². The van der Waals surface area contributed by atoms with Gasteiger partial charge in [0.15, 0.2) is 0 Å². The van der Waals surface area contributed by atoms with E-state index in [1.54, 1.807) is 0 Å². The van der Waals surface area contributed by atoms with Crippen molar-refractivity contribution in [3.05, 3.63) is 18.0 Å². The average Bonchev–Trinajstić information content (AvgIpc) is 2.66. The standard InChI is InChI=1S/C9H14N2O/c1-9(2,3)11-5-7(4-10-11)8-6-12-8/h4-5,8H,6H2,1-3H3. The van der Waals surface area contributed by atoms with Gasteiger partial charge in [-0.3, -0.25) is 4.68 Å². The lowest BCUT2D eigenvalue weighted by atomic mass is 10.1. The van der Waals surface area contributed by atoms with Crippen LogP contribution < -0.4 is 0 Å². The highest BCUT2D eigenvalue weighted by molar-refractivity contribution is 5.12. The molecule has 3 nitrogen and oxygen atoms in total. The molecule has 1 aromatic heterocycles. The Morgan fingerprint density at radius 1 is 1.58 bits per heavy atom. The quantitative estimate of drug-likeness (QED) is 0.594. The molecule has 3 heteroatoms. The van der Waals surface area contributed by atoms with Crippen LogP contribution in [-0.4, -0.2) is 16.4 Å². The summed E-state index contributed by atoms with van der Waals surface area (Å²) in [5.74, 6) is 0. The number of ether oxygens (including phenoxy) is 1. The highest BCUT2D eigenvalue weighted by Crippen LogP contribution is 2.29. The van der Waals surface area contributed by atoms with Gasteiger partial charge >= 0.3 is 0 Å². The summed E-state index contributed by atoms with van der Waals surface area (Å²) >= 11 is 0. The van der Waals surface area contributed by atoms with E-state index < -0.39 is 0 Å². The first-order valence-corrected chi connectivity index (χ1v) is 4.24. The molecule has 0 aliphatic carbocycles. The van der Waals surface area contributed by atoms with Gasteiger partial charge in [-0.15, -0.1) is 0 Å². The van der Waals surface area contributed by atoms with Crippen molar-refractivity contribution in [2.45, 2.75) is 32.4 Å². The van der Waals surface area contributed by atoms with Gasteiger partial charge in [-0.05, 0) is 20.8 Å². The molecule has 0 bridgehead atoms. The Hall–Kier alpha value is -0.830. The fourth-order valence-electron chi connectivity index (χ4n) is 1.11. The highest BCUT2D eigenvalue weighted by atomic mass is 16.6. The Bertz CT molecular complexity index is 281. The first-order chi connectivity index (χ1) is 5.57. The van der Waals surface area contributed by atoms with Crippen molar-refractivity contribution in [1.82, 2.24) is 9.78 Å². The van der Waals surface area contributed by atoms with Crippen molar-refractivity contribution in [3.8, 4) is 0 Å². The maximum Gasteiger partial charge on any atom is 0.109 e. The molecule has 1 saturated heterocycles. The third-order valence-electron chi connectivity index (χ3n) is 1.99. The van der Waals surface area contributed by atoms with Gasteiger partial charge in [0.05, 0.1) is 18.3 Å². The van der Waals surface area contributed by atoms with Gasteiger partial charge in [-0.2, -0.15) is 5.10 Å². The highest BCUT2D eigenvalue weighted by Gasteiger charge is 2.27. The van der Waals surface area contributed by atoms with Crippen LogP contribution in [0.5, 0.6) is 0 Å². The van der Waals surface area contributed by atoms with Crippen molar-refractivity contribution >= 4 is 0 Å². The van der Waals surface area contributed by atoms with E-state index >= 15 is 0 Å². The molecular formula is C9H14N2O. The minimum Gasteiger partial charge on any atom is -0.368 e. The predicted octanol–water partition coefficient (Wildman–Crippen LogP) is 1.71. The molecule has 1 atom stereocenters. The van der Waals surface area contributed by atoms with Crippen LogP contribution in [0, 0.1) is 0 Å². The SMILES string of the molecule is CC(C)(C)n1cc(C2CO2)cn1. The summed E-state index contributed by atoms with van der Waals surface area (Å²) < 4.78 is 7.14. The van der Waals surface area contributed by atoms with Crippen molar-refractivity contribution < 1.29 is 4.74 Å². The molecule has 1 aliphatic heterocycles. The van der Waals surface area contributed by atoms with Gasteiger partial charge in [0, 0.05) is 11.8 Å². The lowest BCUT2D eigenvalue weighted by Crippen LogP contribution is -2.21. The molecule has 2 rings (SSSR count). The largest absolute Gasteiger partial charge is 0.368 e. The number of aromatic nitrogens is 2. The molecule has 1 aromatic rings. The molecular weight excluding hydrogens is 152 g/mol. The van der Waals surface area contributed by atoms with E-state index in [1.807, 2.05) is 10.9 Å². The molecule has 0 radical (unpaired) electrons. The van der Waals surface area contributed by atoms with E-state index in [0.717, 1.165) is 6.61 Å². The molecule has 1 fully saturated rings. The first-order valence-electron chi connectivity index (χ1n) is 4.24. The predicted molar refractivity (Wildman–Crippen MR) is 45.9 cm³/mol. The van der Waals surface area contributed by atoms with E-state index in [-0.39, 0.29) is 5.54 Å². The first kappa shape index (κ1) is 7.80. The van der Waals surface area contributed by atoms with Crippen LogP contribution in [0.15, 0.2) is 12.4 Å². The fraction of sp³-hybridized carbons (Fsp3) is 0.667. The number of hydrogen-bond acceptors (Lipinski definition) is 2. The van der Waals surface area contributed by atoms with Crippen LogP contribution in [0.25, 0.3) is 0 Å². The molecule has 0 spiro atoms. The summed E-state index contributed by atoms with van der Waals surface area (Å²) in [6.45, 7) is 7.27. The maximum absolute atomic E-state index is 5.17. The van der Waals surface area contributed by atoms with E-state index in [4.69, 9.17) is 4.74 Å². The van der Waals surface area contributed by atoms with Gasteiger partial charge in [0.1, 0.15) is 6.10 Å². The Morgan fingerprint density at radius 2 is 2.25 bits per heavy atom. The van der Waals surface area contributed by atoms with Crippen LogP contribution in [0.2, 0.25) is 0 Å². The molecule has 0 saturated carbocycles. The molecule has 0 aromatic carbocycles. The summed E-state index contributed by atoms with van der Waals surface area (Å²) in [4.78, 5) is 0. The van der Waals surface area contributed by atoms with E-state index in [0.29, 0.717) is 6.10 Å². The van der Waals surface area contributed by atoms with Crippen LogP contribution in [0.3, 0.4) is 0 Å². The summed E-state index contributed by atoms with van der Waals surface area (Å²) in [6.07, 6.45) is 4.28. The van der Waals surface area contributed by atoms with Crippen molar-refractivity contribution in [2.24, 2.45) is 0 Å². The Labute approximate surface area is 72.3 Å². The van der Waals surface area contributed by atoms with Crippen LogP contribution >= 0.6 is 0 Å². The lowest BCUT2D eigenvalue weighted by molar-refractivity contribution is 0.354. The summed E-state index contributed by atoms with van der Waals surface area (Å²) in [5, 5.41) is 4.29. The van der Waals surface area contributed by atoms with Crippen LogP contribution in [0.4, 0.5) is 0 Å². The third kappa shape index (κ3) is 1.37. The Kier molecular flexibility index (Phi) is 1.51. The molecule has 2 heterocycles. The van der Waals surface area contributed by atoms with E-state index in [2.05, 4.69) is 32.1 Å². The normalized spacial score (nSPS) is 22.8. The molecule has 1 aliphatic rings. The number of epoxide rings is 1. The topological polar surface area (TPSA) is 30.4 Å². The fourth-order valence-corrected chi connectivity index (χ4v) is 1.11. The summed E-state index contributed by atoms with van der Waals surface area (Å²) in [5.41, 5.74) is 1.28. The molecule has 12 heavy (non-hydrogen) atoms. The van der Waals surface area contributed by atoms with Gasteiger partial charge in [0.25, 0.3) is 0 Å². The number of nitrogens with zero attached hydrogens (tertiary/aromatic N) is 2. The number of hydrogen-bond donors (Lipinski definition) is 0. The average molecular weight is 166 g/mol. The zero-order valence-electron chi connectivity index (χ0n) is 7.74. The third-order valence-corrected chi connectivity index (χ3v) is 1.99. The van der Waals surface area contributed by atoms with E-state index in [1.165, 1.54) is 5.56 Å². The number of rotatable bonds is 1. The van der Waals surface area contributed by atoms with Crippen LogP contribution in [0.1, 0.15) is 32.4 Å². The molecule has 66 valence electrons. The van der Waals surface area contributed by atoms with Gasteiger partial charge < -0.3 is 4.74 Å². The van der Waals surface area contributed by atoms with E-state index in [9.17, 15) is 0 Å². The second-order valence-corrected chi connectivity index (χ2v) is 4.21. The zero-order valence-corrected chi connectivity index (χ0v) is 7.74. The second kappa shape index (κ2) is 2.33. The van der Waals surface area contributed by atoms with Gasteiger partial charge in [-0.1, -0.05) is 0 Å². The molecule has 0 N–H and O–H groups in total. The van der Waals surface area contributed by atoms with Crippen molar-refractivity contribution in [3.63, 3.8) is 0 Å². The van der Waals surface area contributed by atoms with Crippen molar-refractivity contribution in [2.75, 3.05) is 6.61 Å². The molecule has 1 unspecified atom stereocenters. The van der Waals surface area contributed by atoms with Gasteiger partial charge in [0.2, 0.25) is 0 Å². The smallest absolute Gasteiger partial charge is 0.109 e. The van der Waals surface area contributed by atoms with Crippen molar-refractivity contribution in [1.29, 1.82) is 0 Å². The summed E-state index contributed by atoms with van der Waals surface area (Å²) in [6, 6.07) is 0. The zero-order chi connectivity index (χ0) is 8.77. The monoisotopic (exact) mass is 166 g/mol. The second-order valence-electron chi connectivity index (χ2n) is 4.21. The summed E-state index contributed by atoms with van der Waals surface area (Å²) in [7, 11) is 0. The molecule has 0 amide bonds.